The fourth-order valence-corrected chi connectivity index (χ4v) is 3.09. The number of furan rings is 1. The first-order valence-corrected chi connectivity index (χ1v) is 7.53. The Morgan fingerprint density at radius 1 is 1.45 bits per heavy atom. The van der Waals surface area contributed by atoms with E-state index in [4.69, 9.17) is 10.2 Å². The molecule has 0 bridgehead atoms. The lowest BCUT2D eigenvalue weighted by Gasteiger charge is -2.42. The average Bonchev–Trinajstić information content (AvgIpc) is 2.78. The van der Waals surface area contributed by atoms with Gasteiger partial charge in [-0.25, -0.2) is 4.39 Å². The number of halogens is 1. The van der Waals surface area contributed by atoms with Crippen LogP contribution in [0.1, 0.15) is 36.4 Å². The summed E-state index contributed by atoms with van der Waals surface area (Å²) in [6, 6.07) is 4.39. The lowest BCUT2D eigenvalue weighted by molar-refractivity contribution is 0.0504. The first-order chi connectivity index (χ1) is 10.3. The molecule has 0 radical (unpaired) electrons. The summed E-state index contributed by atoms with van der Waals surface area (Å²) in [7, 11) is 0. The van der Waals surface area contributed by atoms with Gasteiger partial charge in [-0.3, -0.25) is 4.79 Å². The van der Waals surface area contributed by atoms with E-state index in [9.17, 15) is 9.18 Å². The van der Waals surface area contributed by atoms with Gasteiger partial charge in [-0.05, 0) is 37.0 Å². The van der Waals surface area contributed by atoms with Gasteiger partial charge in [0.2, 0.25) is 0 Å². The first-order valence-electron chi connectivity index (χ1n) is 7.53. The molecular formula is C17H21FN2O2. The Bertz CT molecular complexity index is 736. The number of likely N-dealkylation sites (tertiary alicyclic amines) is 1. The standard InChI is InChI=1S/C17H21FN2O2/c1-10-12-8-11(18)4-5-13(12)22-15(10)16(21)20-7-6-14(19)17(2,3)9-20/h4-5,8,14H,6-7,9,19H2,1-3H3. The van der Waals surface area contributed by atoms with Gasteiger partial charge in [-0.1, -0.05) is 13.8 Å². The average molecular weight is 304 g/mol. The first kappa shape index (κ1) is 15.0. The number of piperidine rings is 1. The number of rotatable bonds is 1. The summed E-state index contributed by atoms with van der Waals surface area (Å²) in [5.41, 5.74) is 7.22. The van der Waals surface area contributed by atoms with Crippen molar-refractivity contribution in [1.29, 1.82) is 0 Å². The number of carbonyl (C=O) groups excluding carboxylic acids is 1. The van der Waals surface area contributed by atoms with Gasteiger partial charge in [0, 0.05) is 30.1 Å². The fourth-order valence-electron chi connectivity index (χ4n) is 3.09. The predicted octanol–water partition coefficient (Wildman–Crippen LogP) is 3.08. The number of nitrogens with zero attached hydrogens (tertiary/aromatic N) is 1. The van der Waals surface area contributed by atoms with E-state index >= 15 is 0 Å². The van der Waals surface area contributed by atoms with E-state index < -0.39 is 0 Å². The Morgan fingerprint density at radius 2 is 2.18 bits per heavy atom. The molecule has 1 unspecified atom stereocenters. The fraction of sp³-hybridized carbons (Fsp3) is 0.471. The van der Waals surface area contributed by atoms with Crippen LogP contribution >= 0.6 is 0 Å². The molecule has 0 saturated carbocycles. The van der Waals surface area contributed by atoms with E-state index in [2.05, 4.69) is 13.8 Å². The lowest BCUT2D eigenvalue weighted by Crippen LogP contribution is -2.54. The van der Waals surface area contributed by atoms with Crippen LogP contribution < -0.4 is 5.73 Å². The molecule has 118 valence electrons. The summed E-state index contributed by atoms with van der Waals surface area (Å²) in [6.07, 6.45) is 0.770. The Labute approximate surface area is 129 Å². The molecule has 1 aromatic heterocycles. The highest BCUT2D eigenvalue weighted by Gasteiger charge is 2.36. The third-order valence-corrected chi connectivity index (χ3v) is 4.69. The minimum atomic E-state index is -0.333. The van der Waals surface area contributed by atoms with Crippen LogP contribution in [0, 0.1) is 18.2 Å². The molecule has 5 heteroatoms. The van der Waals surface area contributed by atoms with E-state index in [0.717, 1.165) is 6.42 Å². The van der Waals surface area contributed by atoms with E-state index in [1.54, 1.807) is 17.9 Å². The highest BCUT2D eigenvalue weighted by atomic mass is 19.1. The number of nitrogens with two attached hydrogens (primary N) is 1. The number of carbonyl (C=O) groups is 1. The number of aryl methyl sites for hydroxylation is 1. The molecule has 0 spiro atoms. The van der Waals surface area contributed by atoms with Gasteiger partial charge in [0.05, 0.1) is 0 Å². The predicted molar refractivity (Wildman–Crippen MR) is 83.2 cm³/mol. The molecule has 2 N–H and O–H groups in total. The van der Waals surface area contributed by atoms with Crippen molar-refractivity contribution in [3.05, 3.63) is 35.3 Å². The number of hydrogen-bond acceptors (Lipinski definition) is 3. The zero-order chi connectivity index (χ0) is 16.1. The van der Waals surface area contributed by atoms with Crippen molar-refractivity contribution in [1.82, 2.24) is 4.90 Å². The molecule has 2 aromatic rings. The molecular weight excluding hydrogens is 283 g/mol. The van der Waals surface area contributed by atoms with Crippen LogP contribution in [0.2, 0.25) is 0 Å². The molecule has 0 aliphatic carbocycles. The smallest absolute Gasteiger partial charge is 0.289 e. The normalized spacial score (nSPS) is 21.3. The van der Waals surface area contributed by atoms with Crippen molar-refractivity contribution in [2.75, 3.05) is 13.1 Å². The maximum absolute atomic E-state index is 13.4. The Balaban J connectivity index is 1.94. The molecule has 1 aliphatic heterocycles. The van der Waals surface area contributed by atoms with Crippen molar-refractivity contribution in [3.63, 3.8) is 0 Å². The Kier molecular flexibility index (Phi) is 3.48. The van der Waals surface area contributed by atoms with Crippen LogP contribution in [-0.2, 0) is 0 Å². The molecule has 22 heavy (non-hydrogen) atoms. The second-order valence-electron chi connectivity index (χ2n) is 6.81. The monoisotopic (exact) mass is 304 g/mol. The van der Waals surface area contributed by atoms with Gasteiger partial charge >= 0.3 is 0 Å². The third kappa shape index (κ3) is 2.39. The zero-order valence-corrected chi connectivity index (χ0v) is 13.1. The second kappa shape index (κ2) is 5.09. The van der Waals surface area contributed by atoms with Crippen molar-refractivity contribution in [2.24, 2.45) is 11.1 Å². The summed E-state index contributed by atoms with van der Waals surface area (Å²) in [4.78, 5) is 14.5. The maximum atomic E-state index is 13.4. The van der Waals surface area contributed by atoms with E-state index in [0.29, 0.717) is 35.4 Å². The van der Waals surface area contributed by atoms with Crippen LogP contribution in [0.25, 0.3) is 11.0 Å². The molecule has 1 aliphatic rings. The number of fused-ring (bicyclic) bond motifs is 1. The molecule has 1 amide bonds. The second-order valence-corrected chi connectivity index (χ2v) is 6.81. The quantitative estimate of drug-likeness (QED) is 0.880. The van der Waals surface area contributed by atoms with Gasteiger partial charge in [-0.15, -0.1) is 0 Å². The Hall–Kier alpha value is -1.88. The highest BCUT2D eigenvalue weighted by Crippen LogP contribution is 2.31. The van der Waals surface area contributed by atoms with Crippen LogP contribution in [0.3, 0.4) is 0 Å². The van der Waals surface area contributed by atoms with E-state index in [1.165, 1.54) is 12.1 Å². The number of amides is 1. The van der Waals surface area contributed by atoms with E-state index in [-0.39, 0.29) is 23.2 Å². The summed E-state index contributed by atoms with van der Waals surface area (Å²) in [5, 5.41) is 0.649. The number of benzene rings is 1. The van der Waals surface area contributed by atoms with Gasteiger partial charge in [0.15, 0.2) is 5.76 Å². The maximum Gasteiger partial charge on any atom is 0.289 e. The zero-order valence-electron chi connectivity index (χ0n) is 13.1. The van der Waals surface area contributed by atoms with Gasteiger partial charge in [-0.2, -0.15) is 0 Å². The summed E-state index contributed by atoms with van der Waals surface area (Å²) in [6.45, 7) is 7.14. The van der Waals surface area contributed by atoms with Gasteiger partial charge in [0.1, 0.15) is 11.4 Å². The number of hydrogen-bond donors (Lipinski definition) is 1. The minimum Gasteiger partial charge on any atom is -0.451 e. The van der Waals surface area contributed by atoms with Gasteiger partial charge < -0.3 is 15.1 Å². The molecule has 2 heterocycles. The largest absolute Gasteiger partial charge is 0.451 e. The third-order valence-electron chi connectivity index (χ3n) is 4.69. The molecule has 1 atom stereocenters. The van der Waals surface area contributed by atoms with Crippen LogP contribution in [0.4, 0.5) is 4.39 Å². The lowest BCUT2D eigenvalue weighted by atomic mass is 9.79. The van der Waals surface area contributed by atoms with E-state index in [1.807, 2.05) is 0 Å². The molecule has 3 rings (SSSR count). The van der Waals surface area contributed by atoms with Crippen LogP contribution in [0.5, 0.6) is 0 Å². The molecule has 1 saturated heterocycles. The van der Waals surface area contributed by atoms with Crippen molar-refractivity contribution in [3.8, 4) is 0 Å². The van der Waals surface area contributed by atoms with Crippen LogP contribution in [0.15, 0.2) is 22.6 Å². The molecule has 4 nitrogen and oxygen atoms in total. The summed E-state index contributed by atoms with van der Waals surface area (Å²) < 4.78 is 19.1. The Morgan fingerprint density at radius 3 is 2.86 bits per heavy atom. The van der Waals surface area contributed by atoms with Crippen LogP contribution in [-0.4, -0.2) is 29.9 Å². The van der Waals surface area contributed by atoms with Crippen molar-refractivity contribution < 1.29 is 13.6 Å². The SMILES string of the molecule is Cc1c(C(=O)N2CCC(N)C(C)(C)C2)oc2ccc(F)cc12. The van der Waals surface area contributed by atoms with Crippen molar-refractivity contribution in [2.45, 2.75) is 33.2 Å². The highest BCUT2D eigenvalue weighted by molar-refractivity contribution is 5.99. The summed E-state index contributed by atoms with van der Waals surface area (Å²) in [5.74, 6) is -0.179. The summed E-state index contributed by atoms with van der Waals surface area (Å²) >= 11 is 0. The minimum absolute atomic E-state index is 0.0856. The molecule has 1 fully saturated rings. The molecule has 1 aromatic carbocycles. The van der Waals surface area contributed by atoms with Gasteiger partial charge in [0.25, 0.3) is 5.91 Å². The van der Waals surface area contributed by atoms with Crippen molar-refractivity contribution >= 4 is 16.9 Å². The topological polar surface area (TPSA) is 59.5 Å².